The van der Waals surface area contributed by atoms with E-state index in [1.54, 1.807) is 11.0 Å². The zero-order valence-corrected chi connectivity index (χ0v) is 12.5. The van der Waals surface area contributed by atoms with Gasteiger partial charge in [0.1, 0.15) is 12.7 Å². The van der Waals surface area contributed by atoms with Crippen LogP contribution in [0, 0.1) is 0 Å². The molecular weight excluding hydrogens is 280 g/mol. The summed E-state index contributed by atoms with van der Waals surface area (Å²) in [5, 5.41) is 4.01. The maximum atomic E-state index is 12.2. The van der Waals surface area contributed by atoms with Crippen LogP contribution in [0.5, 0.6) is 0 Å². The van der Waals surface area contributed by atoms with E-state index in [0.717, 1.165) is 32.7 Å². The van der Waals surface area contributed by atoms with Crippen LogP contribution < -0.4 is 0 Å². The van der Waals surface area contributed by atoms with Gasteiger partial charge in [-0.15, -0.1) is 0 Å². The third-order valence-electron chi connectivity index (χ3n) is 3.90. The highest BCUT2D eigenvalue weighted by atomic mass is 16.2. The molecule has 116 valence electrons. The van der Waals surface area contributed by atoms with Gasteiger partial charge in [0.2, 0.25) is 5.91 Å². The maximum absolute atomic E-state index is 12.2. The van der Waals surface area contributed by atoms with Gasteiger partial charge in [0, 0.05) is 51.5 Å². The van der Waals surface area contributed by atoms with Gasteiger partial charge in [0.15, 0.2) is 0 Å². The summed E-state index contributed by atoms with van der Waals surface area (Å²) in [5.41, 5.74) is 1.26. The van der Waals surface area contributed by atoms with E-state index >= 15 is 0 Å². The van der Waals surface area contributed by atoms with E-state index in [1.165, 1.54) is 11.9 Å². The topological polar surface area (TPSA) is 67.2 Å². The molecule has 0 radical (unpaired) electrons. The van der Waals surface area contributed by atoms with Crippen LogP contribution in [-0.2, 0) is 17.9 Å². The average Bonchev–Trinajstić information content (AvgIpc) is 3.08. The monoisotopic (exact) mass is 300 g/mol. The number of nitrogens with zero attached hydrogens (tertiary/aromatic N) is 6. The van der Waals surface area contributed by atoms with E-state index in [1.807, 2.05) is 29.4 Å². The van der Waals surface area contributed by atoms with E-state index in [2.05, 4.69) is 20.0 Å². The molecule has 1 amide bonds. The summed E-state index contributed by atoms with van der Waals surface area (Å²) >= 11 is 0. The second-order valence-corrected chi connectivity index (χ2v) is 5.42. The van der Waals surface area contributed by atoms with E-state index in [-0.39, 0.29) is 5.91 Å². The van der Waals surface area contributed by atoms with Crippen molar-refractivity contribution < 1.29 is 4.79 Å². The van der Waals surface area contributed by atoms with E-state index < -0.39 is 0 Å². The number of piperazine rings is 1. The minimum absolute atomic E-state index is 0.194. The first-order valence-electron chi connectivity index (χ1n) is 7.53. The van der Waals surface area contributed by atoms with Crippen LogP contribution in [0.15, 0.2) is 37.2 Å². The smallest absolute Gasteiger partial charge is 0.224 e. The Kier molecular flexibility index (Phi) is 4.75. The Bertz CT molecular complexity index is 577. The highest BCUT2D eigenvalue weighted by molar-refractivity contribution is 5.76. The molecule has 1 fully saturated rings. The summed E-state index contributed by atoms with van der Waals surface area (Å²) in [6, 6.07) is 4.07. The largest absolute Gasteiger partial charge is 0.340 e. The number of hydrogen-bond donors (Lipinski definition) is 0. The summed E-state index contributed by atoms with van der Waals surface area (Å²) in [4.78, 5) is 24.4. The lowest BCUT2D eigenvalue weighted by atomic mass is 10.2. The number of aromatic nitrogens is 4. The number of rotatable bonds is 5. The normalized spacial score (nSPS) is 15.9. The number of carbonyl (C=O) groups is 1. The molecule has 0 bridgehead atoms. The van der Waals surface area contributed by atoms with Crippen molar-refractivity contribution in [3.63, 3.8) is 0 Å². The van der Waals surface area contributed by atoms with Crippen molar-refractivity contribution in [2.24, 2.45) is 0 Å². The molecule has 3 rings (SSSR count). The Morgan fingerprint density at radius 1 is 1.09 bits per heavy atom. The fraction of sp³-hybridized carbons (Fsp3) is 0.467. The molecule has 1 aliphatic rings. The number of hydrogen-bond acceptors (Lipinski definition) is 5. The van der Waals surface area contributed by atoms with Gasteiger partial charge in [0.25, 0.3) is 0 Å². The zero-order valence-electron chi connectivity index (χ0n) is 12.5. The summed E-state index contributed by atoms with van der Waals surface area (Å²) in [7, 11) is 0. The molecule has 7 heteroatoms. The Morgan fingerprint density at radius 3 is 2.55 bits per heavy atom. The van der Waals surface area contributed by atoms with Crippen molar-refractivity contribution in [2.75, 3.05) is 26.2 Å². The molecule has 0 atom stereocenters. The minimum atomic E-state index is 0.194. The van der Waals surface area contributed by atoms with Gasteiger partial charge in [-0.25, -0.2) is 4.98 Å². The quantitative estimate of drug-likeness (QED) is 0.800. The van der Waals surface area contributed by atoms with Crippen LogP contribution in [0.2, 0.25) is 0 Å². The molecule has 0 aliphatic carbocycles. The van der Waals surface area contributed by atoms with E-state index in [0.29, 0.717) is 13.0 Å². The molecule has 22 heavy (non-hydrogen) atoms. The Labute approximate surface area is 129 Å². The molecule has 0 saturated carbocycles. The SMILES string of the molecule is O=C(CCn1cncn1)N1CCN(Cc2ccncc2)CC1. The van der Waals surface area contributed by atoms with Crippen molar-refractivity contribution in [1.29, 1.82) is 0 Å². The highest BCUT2D eigenvalue weighted by Crippen LogP contribution is 2.09. The molecule has 7 nitrogen and oxygen atoms in total. The summed E-state index contributed by atoms with van der Waals surface area (Å²) in [6.07, 6.45) is 7.24. The molecule has 3 heterocycles. The van der Waals surface area contributed by atoms with Gasteiger partial charge >= 0.3 is 0 Å². The zero-order chi connectivity index (χ0) is 15.2. The van der Waals surface area contributed by atoms with Gasteiger partial charge in [-0.1, -0.05) is 0 Å². The highest BCUT2D eigenvalue weighted by Gasteiger charge is 2.20. The maximum Gasteiger partial charge on any atom is 0.224 e. The molecule has 0 aromatic carbocycles. The van der Waals surface area contributed by atoms with Crippen molar-refractivity contribution in [3.05, 3.63) is 42.7 Å². The molecule has 2 aromatic heterocycles. The van der Waals surface area contributed by atoms with Crippen LogP contribution in [-0.4, -0.2) is 61.6 Å². The van der Waals surface area contributed by atoms with Crippen molar-refractivity contribution in [2.45, 2.75) is 19.5 Å². The lowest BCUT2D eigenvalue weighted by molar-refractivity contribution is -0.133. The van der Waals surface area contributed by atoms with Crippen LogP contribution in [0.25, 0.3) is 0 Å². The van der Waals surface area contributed by atoms with Crippen LogP contribution >= 0.6 is 0 Å². The van der Waals surface area contributed by atoms with Gasteiger partial charge in [-0.05, 0) is 17.7 Å². The number of pyridine rings is 1. The lowest BCUT2D eigenvalue weighted by Gasteiger charge is -2.34. The average molecular weight is 300 g/mol. The first-order chi connectivity index (χ1) is 10.8. The Hall–Kier alpha value is -2.28. The van der Waals surface area contributed by atoms with Crippen LogP contribution in [0.3, 0.4) is 0 Å². The van der Waals surface area contributed by atoms with Crippen LogP contribution in [0.1, 0.15) is 12.0 Å². The number of amides is 1. The first kappa shape index (κ1) is 14.6. The van der Waals surface area contributed by atoms with Gasteiger partial charge in [-0.3, -0.25) is 19.4 Å². The number of carbonyl (C=O) groups excluding carboxylic acids is 1. The summed E-state index contributed by atoms with van der Waals surface area (Å²) < 4.78 is 1.69. The fourth-order valence-corrected chi connectivity index (χ4v) is 2.62. The second kappa shape index (κ2) is 7.13. The Morgan fingerprint density at radius 2 is 1.86 bits per heavy atom. The predicted octanol–water partition coefficient (Wildman–Crippen LogP) is 0.408. The third-order valence-corrected chi connectivity index (χ3v) is 3.90. The molecule has 0 unspecified atom stereocenters. The van der Waals surface area contributed by atoms with Crippen LogP contribution in [0.4, 0.5) is 0 Å². The third kappa shape index (κ3) is 3.88. The van der Waals surface area contributed by atoms with Gasteiger partial charge < -0.3 is 4.90 Å². The predicted molar refractivity (Wildman–Crippen MR) is 80.7 cm³/mol. The van der Waals surface area contributed by atoms with Gasteiger partial charge in [0.05, 0.1) is 6.54 Å². The van der Waals surface area contributed by atoms with Gasteiger partial charge in [-0.2, -0.15) is 5.10 Å². The molecule has 0 N–H and O–H groups in total. The van der Waals surface area contributed by atoms with E-state index in [9.17, 15) is 4.79 Å². The van der Waals surface area contributed by atoms with Crippen molar-refractivity contribution in [1.82, 2.24) is 29.5 Å². The van der Waals surface area contributed by atoms with E-state index in [4.69, 9.17) is 0 Å². The minimum Gasteiger partial charge on any atom is -0.340 e. The number of aryl methyl sites for hydroxylation is 1. The fourth-order valence-electron chi connectivity index (χ4n) is 2.62. The molecule has 1 aliphatic heterocycles. The van der Waals surface area contributed by atoms with Crippen molar-refractivity contribution in [3.8, 4) is 0 Å². The first-order valence-corrected chi connectivity index (χ1v) is 7.53. The Balaban J connectivity index is 1.42. The molecular formula is C15H20N6O. The standard InChI is InChI=1S/C15H20N6O/c22-15(3-6-21-13-17-12-18-21)20-9-7-19(8-10-20)11-14-1-4-16-5-2-14/h1-2,4-5,12-13H,3,6-11H2. The molecule has 2 aromatic rings. The van der Waals surface area contributed by atoms with Crippen molar-refractivity contribution >= 4 is 5.91 Å². The summed E-state index contributed by atoms with van der Waals surface area (Å²) in [6.45, 7) is 4.93. The molecule has 0 spiro atoms. The lowest BCUT2D eigenvalue weighted by Crippen LogP contribution is -2.48. The summed E-state index contributed by atoms with van der Waals surface area (Å²) in [5.74, 6) is 0.194. The second-order valence-electron chi connectivity index (χ2n) is 5.42. The molecule has 1 saturated heterocycles.